The van der Waals surface area contributed by atoms with Gasteiger partial charge < -0.3 is 29.9 Å². The molecule has 0 bridgehead atoms. The average molecular weight is 597 g/mol. The molecule has 0 saturated carbocycles. The monoisotopic (exact) mass is 596 g/mol. The van der Waals surface area contributed by atoms with E-state index in [-0.39, 0.29) is 19.6 Å². The molecule has 0 fully saturated rings. The third-order valence-corrected chi connectivity index (χ3v) is 6.87. The molecule has 13 heteroatoms. The quantitative estimate of drug-likeness (QED) is 0.161. The molecule has 3 aromatic rings. The van der Waals surface area contributed by atoms with Crippen molar-refractivity contribution in [3.8, 4) is 5.75 Å². The first-order chi connectivity index (χ1) is 19.0. The van der Waals surface area contributed by atoms with E-state index in [1.165, 1.54) is 12.1 Å². The van der Waals surface area contributed by atoms with E-state index in [0.717, 1.165) is 17.7 Å². The van der Waals surface area contributed by atoms with E-state index in [0.29, 0.717) is 29.4 Å². The minimum atomic E-state index is -5.73. The van der Waals surface area contributed by atoms with Crippen molar-refractivity contribution in [2.75, 3.05) is 13.2 Å². The van der Waals surface area contributed by atoms with Crippen LogP contribution in [-0.2, 0) is 32.8 Å². The molecule has 0 saturated heterocycles. The fraction of sp³-hybridized carbons (Fsp3) is 0.259. The molecule has 0 heterocycles. The second-order valence-electron chi connectivity index (χ2n) is 8.69. The molecule has 40 heavy (non-hydrogen) atoms. The highest BCUT2D eigenvalue weighted by molar-refractivity contribution is 7.52. The third kappa shape index (κ3) is 9.31. The van der Waals surface area contributed by atoms with Gasteiger partial charge in [0.2, 0.25) is 5.91 Å². The van der Waals surface area contributed by atoms with Gasteiger partial charge in [-0.25, -0.2) is 4.79 Å². The number of benzene rings is 3. The van der Waals surface area contributed by atoms with Crippen LogP contribution in [0.25, 0.3) is 0 Å². The van der Waals surface area contributed by atoms with Gasteiger partial charge in [-0.2, -0.15) is 8.78 Å². The first-order valence-corrected chi connectivity index (χ1v) is 14.1. The van der Waals surface area contributed by atoms with Crippen molar-refractivity contribution in [1.82, 2.24) is 10.6 Å². The Kier molecular flexibility index (Phi) is 11.0. The summed E-state index contributed by atoms with van der Waals surface area (Å²) < 4.78 is 49.9. The van der Waals surface area contributed by atoms with E-state index in [9.17, 15) is 22.9 Å². The van der Waals surface area contributed by atoms with E-state index in [1.807, 2.05) is 6.07 Å². The lowest BCUT2D eigenvalue weighted by Gasteiger charge is -2.20. The number of carbonyl (C=O) groups excluding carboxylic acids is 2. The first-order valence-electron chi connectivity index (χ1n) is 12.1. The fourth-order valence-corrected chi connectivity index (χ4v) is 4.10. The van der Waals surface area contributed by atoms with Crippen molar-refractivity contribution in [3.05, 3.63) is 101 Å². The van der Waals surface area contributed by atoms with Crippen LogP contribution < -0.4 is 15.4 Å². The van der Waals surface area contributed by atoms with Crippen LogP contribution >= 0.6 is 19.2 Å². The number of hydrogen-bond donors (Lipinski definition) is 4. The number of alkyl halides is 2. The maximum absolute atomic E-state index is 14.0. The summed E-state index contributed by atoms with van der Waals surface area (Å²) in [5, 5.41) is 5.76. The maximum atomic E-state index is 14.0. The van der Waals surface area contributed by atoms with Gasteiger partial charge in [-0.1, -0.05) is 66.2 Å². The molecule has 0 aliphatic carbocycles. The molecule has 0 unspecified atom stereocenters. The molecule has 1 atom stereocenters. The molecule has 0 aliphatic rings. The number of halogens is 3. The zero-order chi connectivity index (χ0) is 29.2. The van der Waals surface area contributed by atoms with Crippen LogP contribution in [-0.4, -0.2) is 41.0 Å². The van der Waals surface area contributed by atoms with Gasteiger partial charge in [0.15, 0.2) is 0 Å². The third-order valence-electron chi connectivity index (χ3n) is 5.63. The molecule has 3 rings (SSSR count). The molecule has 3 aromatic carbocycles. The van der Waals surface area contributed by atoms with Gasteiger partial charge >= 0.3 is 19.4 Å². The topological polar surface area (TPSA) is 134 Å². The Morgan fingerprint density at radius 2 is 1.60 bits per heavy atom. The minimum Gasteiger partial charge on any atom is -0.494 e. The van der Waals surface area contributed by atoms with Crippen molar-refractivity contribution in [1.29, 1.82) is 0 Å². The predicted molar refractivity (Wildman–Crippen MR) is 144 cm³/mol. The number of nitrogens with one attached hydrogen (secondary N) is 2. The van der Waals surface area contributed by atoms with Crippen molar-refractivity contribution in [2.45, 2.75) is 31.2 Å². The second-order valence-corrected chi connectivity index (χ2v) is 10.8. The molecule has 0 radical (unpaired) electrons. The second kappa shape index (κ2) is 14.2. The summed E-state index contributed by atoms with van der Waals surface area (Å²) in [5.74, 6) is 0.0667. The Labute approximate surface area is 234 Å². The lowest BCUT2D eigenvalue weighted by molar-refractivity contribution is -0.123. The zero-order valence-corrected chi connectivity index (χ0v) is 22.8. The molecule has 0 aliphatic heterocycles. The standard InChI is InChI=1S/C27H28ClF2N2O7P/c28-22-11-13-23(14-12-22)38-16-4-15-31-25(33)24(32-26(34)39-18-20-5-2-1-3-6-20)17-19-7-9-21(10-8-19)27(29,30)40(35,36)37/h1-3,5-14,24H,4,15-18H2,(H,31,33)(H,32,34)(H2,35,36,37)/t24-/m0/s1. The number of rotatable bonds is 13. The molecular weight excluding hydrogens is 569 g/mol. The average Bonchev–Trinajstić information content (AvgIpc) is 2.92. The smallest absolute Gasteiger partial charge is 0.408 e. The highest BCUT2D eigenvalue weighted by Gasteiger charge is 2.50. The Morgan fingerprint density at radius 3 is 2.23 bits per heavy atom. The van der Waals surface area contributed by atoms with Crippen molar-refractivity contribution in [3.63, 3.8) is 0 Å². The number of carbonyl (C=O) groups is 2. The van der Waals surface area contributed by atoms with Gasteiger partial charge in [-0.15, -0.1) is 0 Å². The van der Waals surface area contributed by atoms with Crippen LogP contribution in [0.15, 0.2) is 78.9 Å². The van der Waals surface area contributed by atoms with Gasteiger partial charge in [0, 0.05) is 23.6 Å². The largest absolute Gasteiger partial charge is 0.494 e. The van der Waals surface area contributed by atoms with E-state index < -0.39 is 36.9 Å². The zero-order valence-electron chi connectivity index (χ0n) is 21.1. The van der Waals surface area contributed by atoms with Gasteiger partial charge in [-0.3, -0.25) is 9.36 Å². The fourth-order valence-electron chi connectivity index (χ4n) is 3.49. The van der Waals surface area contributed by atoms with Crippen LogP contribution in [0.1, 0.15) is 23.1 Å². The van der Waals surface area contributed by atoms with Crippen molar-refractivity contribution < 1.29 is 42.2 Å². The summed E-state index contributed by atoms with van der Waals surface area (Å²) in [5.41, 5.74) is -4.14. The van der Waals surface area contributed by atoms with Gasteiger partial charge in [0.05, 0.1) is 6.61 Å². The number of amides is 2. The summed E-state index contributed by atoms with van der Waals surface area (Å²) in [6.45, 7) is 0.487. The molecule has 0 spiro atoms. The molecule has 4 N–H and O–H groups in total. The first kappa shape index (κ1) is 31.0. The summed E-state index contributed by atoms with van der Waals surface area (Å²) in [7, 11) is -5.73. The Bertz CT molecular complexity index is 1310. The van der Waals surface area contributed by atoms with Gasteiger partial charge in [0.1, 0.15) is 18.4 Å². The lowest BCUT2D eigenvalue weighted by atomic mass is 10.0. The Balaban J connectivity index is 1.61. The highest BCUT2D eigenvalue weighted by Crippen LogP contribution is 2.59. The summed E-state index contributed by atoms with van der Waals surface area (Å²) in [6, 6.07) is 18.7. The predicted octanol–water partition coefficient (Wildman–Crippen LogP) is 4.99. The van der Waals surface area contributed by atoms with Crippen molar-refractivity contribution >= 4 is 31.2 Å². The van der Waals surface area contributed by atoms with E-state index in [4.69, 9.17) is 30.9 Å². The molecule has 214 valence electrons. The van der Waals surface area contributed by atoms with Crippen LogP contribution in [0.2, 0.25) is 5.02 Å². The SMILES string of the molecule is O=C(N[C@@H](Cc1ccc(C(F)(F)P(=O)(O)O)cc1)C(=O)NCCCOc1ccc(Cl)cc1)OCc1ccccc1. The summed E-state index contributed by atoms with van der Waals surface area (Å²) in [6.07, 6.45) is -0.513. The molecular formula is C27H28ClF2N2O7P. The van der Waals surface area contributed by atoms with Crippen LogP contribution in [0.4, 0.5) is 13.6 Å². The molecule has 2 amide bonds. The van der Waals surface area contributed by atoms with Crippen LogP contribution in [0, 0.1) is 0 Å². The summed E-state index contributed by atoms with van der Waals surface area (Å²) in [4.78, 5) is 43.3. The maximum Gasteiger partial charge on any atom is 0.408 e. The molecule has 0 aromatic heterocycles. The number of ether oxygens (including phenoxy) is 2. The summed E-state index contributed by atoms with van der Waals surface area (Å²) >= 11 is 5.84. The normalized spacial score (nSPS) is 12.3. The van der Waals surface area contributed by atoms with Gasteiger partial charge in [-0.05, 0) is 41.8 Å². The Hall–Kier alpha value is -3.50. The van der Waals surface area contributed by atoms with Gasteiger partial charge in [0.25, 0.3) is 0 Å². The number of hydrogen-bond acceptors (Lipinski definition) is 5. The van der Waals surface area contributed by atoms with E-state index in [1.54, 1.807) is 48.5 Å². The minimum absolute atomic E-state index is 0.0325. The van der Waals surface area contributed by atoms with Crippen molar-refractivity contribution in [2.24, 2.45) is 0 Å². The lowest BCUT2D eigenvalue weighted by Crippen LogP contribution is -2.48. The van der Waals surface area contributed by atoms with E-state index >= 15 is 0 Å². The Morgan fingerprint density at radius 1 is 0.950 bits per heavy atom. The van der Waals surface area contributed by atoms with Crippen LogP contribution in [0.5, 0.6) is 5.75 Å². The highest BCUT2D eigenvalue weighted by atomic mass is 35.5. The number of alkyl carbamates (subject to hydrolysis) is 1. The molecule has 9 nitrogen and oxygen atoms in total. The van der Waals surface area contributed by atoms with Crippen LogP contribution in [0.3, 0.4) is 0 Å². The van der Waals surface area contributed by atoms with E-state index in [2.05, 4.69) is 10.6 Å².